The highest BCUT2D eigenvalue weighted by atomic mass is 19.1. The number of carbonyl (C=O) groups excluding carboxylic acids is 1. The van der Waals surface area contributed by atoms with Crippen LogP contribution in [0.2, 0.25) is 0 Å². The summed E-state index contributed by atoms with van der Waals surface area (Å²) in [4.78, 5) is 24.0. The molecule has 8 heteroatoms. The summed E-state index contributed by atoms with van der Waals surface area (Å²) in [5.41, 5.74) is 6.72. The Bertz CT molecular complexity index is 778. The van der Waals surface area contributed by atoms with E-state index >= 15 is 0 Å². The molecule has 0 aliphatic rings. The molecule has 0 aromatic heterocycles. The lowest BCUT2D eigenvalue weighted by molar-refractivity contribution is -0.383. The highest BCUT2D eigenvalue weighted by molar-refractivity contribution is 6.00. The number of amides is 1. The fourth-order valence-corrected chi connectivity index (χ4v) is 2.39. The molecule has 0 aliphatic carbocycles. The molecule has 3 N–H and O–H groups in total. The number of halogens is 1. The Balaban J connectivity index is 2.44. The van der Waals surface area contributed by atoms with Gasteiger partial charge in [0.15, 0.2) is 0 Å². The van der Waals surface area contributed by atoms with Crippen LogP contribution in [0.3, 0.4) is 0 Å². The van der Waals surface area contributed by atoms with Crippen LogP contribution in [0.25, 0.3) is 0 Å². The molecule has 0 fully saturated rings. The van der Waals surface area contributed by atoms with Crippen LogP contribution >= 0.6 is 0 Å². The maximum Gasteiger partial charge on any atom is 0.293 e. The molecule has 0 spiro atoms. The molecule has 0 saturated heterocycles. The molecule has 0 saturated carbocycles. The van der Waals surface area contributed by atoms with E-state index in [0.29, 0.717) is 12.2 Å². The lowest BCUT2D eigenvalue weighted by Gasteiger charge is -2.22. The standard InChI is InChI=1S/C16H17FN4O3/c1-19-13-8-14(12(16(18)22)7-15(13)21(23)24)20(2)9-10-3-5-11(17)6-4-10/h3-8,19H,9H2,1-2H3,(H2,18,22). The second-order valence-corrected chi connectivity index (χ2v) is 5.24. The molecule has 0 aliphatic heterocycles. The minimum Gasteiger partial charge on any atom is -0.383 e. The Morgan fingerprint density at radius 1 is 1.33 bits per heavy atom. The Morgan fingerprint density at radius 2 is 1.96 bits per heavy atom. The maximum atomic E-state index is 13.0. The molecule has 0 atom stereocenters. The normalized spacial score (nSPS) is 10.3. The van der Waals surface area contributed by atoms with Gasteiger partial charge in [0.2, 0.25) is 0 Å². The molecule has 2 aromatic carbocycles. The highest BCUT2D eigenvalue weighted by Gasteiger charge is 2.22. The number of hydrogen-bond acceptors (Lipinski definition) is 5. The predicted octanol–water partition coefficient (Wildman–Crippen LogP) is 2.51. The summed E-state index contributed by atoms with van der Waals surface area (Å²) in [5, 5.41) is 13.9. The number of hydrogen-bond donors (Lipinski definition) is 2. The van der Waals surface area contributed by atoms with E-state index in [9.17, 15) is 19.3 Å². The number of nitrogens with one attached hydrogen (secondary N) is 1. The number of benzene rings is 2. The van der Waals surface area contributed by atoms with Gasteiger partial charge in [0, 0.05) is 26.7 Å². The zero-order chi connectivity index (χ0) is 17.9. The summed E-state index contributed by atoms with van der Waals surface area (Å²) >= 11 is 0. The van der Waals surface area contributed by atoms with Gasteiger partial charge in [-0.3, -0.25) is 14.9 Å². The van der Waals surface area contributed by atoms with Crippen molar-refractivity contribution in [3.63, 3.8) is 0 Å². The second-order valence-electron chi connectivity index (χ2n) is 5.24. The zero-order valence-corrected chi connectivity index (χ0v) is 13.2. The molecule has 0 unspecified atom stereocenters. The van der Waals surface area contributed by atoms with E-state index < -0.39 is 10.8 Å². The maximum absolute atomic E-state index is 13.0. The number of primary amides is 1. The number of nitrogens with zero attached hydrogens (tertiary/aromatic N) is 2. The van der Waals surface area contributed by atoms with E-state index in [-0.39, 0.29) is 22.8 Å². The van der Waals surface area contributed by atoms with Crippen molar-refractivity contribution >= 4 is 23.0 Å². The second kappa shape index (κ2) is 6.95. The van der Waals surface area contributed by atoms with E-state index in [1.165, 1.54) is 18.2 Å². The van der Waals surface area contributed by atoms with Crippen molar-refractivity contribution in [3.8, 4) is 0 Å². The van der Waals surface area contributed by atoms with Gasteiger partial charge in [0.05, 0.1) is 16.2 Å². The van der Waals surface area contributed by atoms with Gasteiger partial charge < -0.3 is 16.0 Å². The van der Waals surface area contributed by atoms with E-state index in [4.69, 9.17) is 5.73 Å². The SMILES string of the molecule is CNc1cc(N(C)Cc2ccc(F)cc2)c(C(N)=O)cc1[N+](=O)[O-]. The third-order valence-corrected chi connectivity index (χ3v) is 3.59. The number of nitrogens with two attached hydrogens (primary N) is 1. The Kier molecular flexibility index (Phi) is 4.98. The van der Waals surface area contributed by atoms with Crippen molar-refractivity contribution < 1.29 is 14.1 Å². The van der Waals surface area contributed by atoms with Crippen LogP contribution < -0.4 is 16.0 Å². The highest BCUT2D eigenvalue weighted by Crippen LogP contribution is 2.33. The molecule has 126 valence electrons. The average Bonchev–Trinajstić information content (AvgIpc) is 2.55. The molecule has 0 heterocycles. The topological polar surface area (TPSA) is 102 Å². The first-order valence-corrected chi connectivity index (χ1v) is 7.09. The zero-order valence-electron chi connectivity index (χ0n) is 13.2. The van der Waals surface area contributed by atoms with Crippen molar-refractivity contribution in [1.29, 1.82) is 0 Å². The molecule has 2 rings (SSSR count). The number of rotatable bonds is 6. The van der Waals surface area contributed by atoms with E-state index in [2.05, 4.69) is 5.32 Å². The van der Waals surface area contributed by atoms with Gasteiger partial charge in [-0.2, -0.15) is 0 Å². The van der Waals surface area contributed by atoms with Gasteiger partial charge in [-0.25, -0.2) is 4.39 Å². The van der Waals surface area contributed by atoms with Gasteiger partial charge in [-0.1, -0.05) is 12.1 Å². The van der Waals surface area contributed by atoms with Crippen LogP contribution in [-0.4, -0.2) is 24.9 Å². The fraction of sp³-hybridized carbons (Fsp3) is 0.188. The van der Waals surface area contributed by atoms with Crippen LogP contribution in [0.5, 0.6) is 0 Å². The van der Waals surface area contributed by atoms with E-state index in [1.807, 2.05) is 0 Å². The summed E-state index contributed by atoms with van der Waals surface area (Å²) in [5.74, 6) is -1.10. The molecule has 24 heavy (non-hydrogen) atoms. The Labute approximate surface area is 138 Å². The van der Waals surface area contributed by atoms with Gasteiger partial charge in [-0.15, -0.1) is 0 Å². The van der Waals surface area contributed by atoms with Crippen LogP contribution in [0.1, 0.15) is 15.9 Å². The Hall–Kier alpha value is -3.16. The quantitative estimate of drug-likeness (QED) is 0.625. The van der Waals surface area contributed by atoms with Crippen LogP contribution in [0.15, 0.2) is 36.4 Å². The summed E-state index contributed by atoms with van der Waals surface area (Å²) in [7, 11) is 3.27. The molecule has 2 aromatic rings. The summed E-state index contributed by atoms with van der Waals surface area (Å²) < 4.78 is 13.0. The number of nitro benzene ring substituents is 1. The third kappa shape index (κ3) is 3.60. The van der Waals surface area contributed by atoms with E-state index in [0.717, 1.165) is 11.6 Å². The third-order valence-electron chi connectivity index (χ3n) is 3.59. The van der Waals surface area contributed by atoms with Crippen LogP contribution in [0.4, 0.5) is 21.5 Å². The molecule has 0 bridgehead atoms. The lowest BCUT2D eigenvalue weighted by atomic mass is 10.1. The first-order valence-electron chi connectivity index (χ1n) is 7.09. The van der Waals surface area contributed by atoms with Crippen molar-refractivity contribution in [2.45, 2.75) is 6.54 Å². The summed E-state index contributed by atoms with van der Waals surface area (Å²) in [6, 6.07) is 8.59. The van der Waals surface area contributed by atoms with Gasteiger partial charge in [0.25, 0.3) is 11.6 Å². The van der Waals surface area contributed by atoms with Crippen LogP contribution in [0, 0.1) is 15.9 Å². The largest absolute Gasteiger partial charge is 0.383 e. The summed E-state index contributed by atoms with van der Waals surface area (Å²) in [6.07, 6.45) is 0. The van der Waals surface area contributed by atoms with Gasteiger partial charge in [0.1, 0.15) is 11.5 Å². The molecular formula is C16H17FN4O3. The van der Waals surface area contributed by atoms with Crippen molar-refractivity contribution in [2.24, 2.45) is 5.73 Å². The van der Waals surface area contributed by atoms with E-state index in [1.54, 1.807) is 31.1 Å². The first-order chi connectivity index (χ1) is 11.3. The molecule has 0 radical (unpaired) electrons. The van der Waals surface area contributed by atoms with Crippen molar-refractivity contribution in [2.75, 3.05) is 24.3 Å². The summed E-state index contributed by atoms with van der Waals surface area (Å²) in [6.45, 7) is 0.377. The lowest BCUT2D eigenvalue weighted by Crippen LogP contribution is -2.22. The Morgan fingerprint density at radius 3 is 2.46 bits per heavy atom. The molecule has 7 nitrogen and oxygen atoms in total. The van der Waals surface area contributed by atoms with Crippen molar-refractivity contribution in [3.05, 3.63) is 63.5 Å². The molecular weight excluding hydrogens is 315 g/mol. The first kappa shape index (κ1) is 17.2. The van der Waals surface area contributed by atoms with Gasteiger partial charge >= 0.3 is 0 Å². The predicted molar refractivity (Wildman–Crippen MR) is 89.7 cm³/mol. The number of nitro groups is 1. The average molecular weight is 332 g/mol. The van der Waals surface area contributed by atoms with Crippen LogP contribution in [-0.2, 0) is 6.54 Å². The smallest absolute Gasteiger partial charge is 0.293 e. The fourth-order valence-electron chi connectivity index (χ4n) is 2.39. The minimum absolute atomic E-state index is 0.0466. The minimum atomic E-state index is -0.762. The number of anilines is 2. The monoisotopic (exact) mass is 332 g/mol. The molecule has 1 amide bonds. The van der Waals surface area contributed by atoms with Crippen molar-refractivity contribution in [1.82, 2.24) is 0 Å². The van der Waals surface area contributed by atoms with Gasteiger partial charge in [-0.05, 0) is 23.8 Å². The number of carbonyl (C=O) groups is 1.